The lowest BCUT2D eigenvalue weighted by Gasteiger charge is -2.32. The molecule has 3 nitrogen and oxygen atoms in total. The van der Waals surface area contributed by atoms with E-state index in [2.05, 4.69) is 15.9 Å². The monoisotopic (exact) mass is 317 g/mol. The van der Waals surface area contributed by atoms with E-state index in [0.29, 0.717) is 11.4 Å². The minimum absolute atomic E-state index is 0.104. The first-order chi connectivity index (χ1) is 8.01. The zero-order chi connectivity index (χ0) is 12.5. The molecule has 1 aromatic rings. The van der Waals surface area contributed by atoms with E-state index in [1.165, 1.54) is 0 Å². The molecule has 0 spiro atoms. The van der Waals surface area contributed by atoms with Gasteiger partial charge >= 0.3 is 0 Å². The summed E-state index contributed by atoms with van der Waals surface area (Å²) in [6.45, 7) is 2.62. The van der Waals surface area contributed by atoms with E-state index in [9.17, 15) is 8.42 Å². The maximum Gasteiger partial charge on any atom is 0.243 e. The highest BCUT2D eigenvalue weighted by atomic mass is 79.9. The van der Waals surface area contributed by atoms with Gasteiger partial charge in [-0.1, -0.05) is 28.4 Å². The standard InChI is InChI=1S/C12H16BrNO2S/c1-10-5-2-3-8-14(10)17(15,16)12-7-4-6-11(13)9-12/h4,6-7,9-10H,2-3,5,8H2,1H3/t10-/m0/s1. The molecular formula is C12H16BrNO2S. The summed E-state index contributed by atoms with van der Waals surface area (Å²) < 4.78 is 27.3. The van der Waals surface area contributed by atoms with E-state index in [4.69, 9.17) is 0 Å². The van der Waals surface area contributed by atoms with Crippen molar-refractivity contribution >= 4 is 26.0 Å². The van der Waals surface area contributed by atoms with Crippen molar-refractivity contribution in [3.05, 3.63) is 28.7 Å². The maximum absolute atomic E-state index is 12.5. The van der Waals surface area contributed by atoms with Crippen LogP contribution in [0, 0.1) is 0 Å². The Morgan fingerprint density at radius 2 is 2.12 bits per heavy atom. The average molecular weight is 318 g/mol. The summed E-state index contributed by atoms with van der Waals surface area (Å²) in [5, 5.41) is 0. The first kappa shape index (κ1) is 13.1. The molecule has 1 aromatic carbocycles. The van der Waals surface area contributed by atoms with Gasteiger partial charge in [0.15, 0.2) is 0 Å². The van der Waals surface area contributed by atoms with Gasteiger partial charge in [-0.15, -0.1) is 0 Å². The van der Waals surface area contributed by atoms with Crippen LogP contribution in [-0.4, -0.2) is 25.3 Å². The molecule has 1 aliphatic rings. The molecule has 0 aromatic heterocycles. The van der Waals surface area contributed by atoms with Crippen molar-refractivity contribution in [3.63, 3.8) is 0 Å². The Morgan fingerprint density at radius 1 is 1.35 bits per heavy atom. The van der Waals surface area contributed by atoms with Gasteiger partial charge in [-0.2, -0.15) is 4.31 Å². The fraction of sp³-hybridized carbons (Fsp3) is 0.500. The molecule has 0 unspecified atom stereocenters. The fourth-order valence-corrected chi connectivity index (χ4v) is 4.49. The highest BCUT2D eigenvalue weighted by molar-refractivity contribution is 9.10. The largest absolute Gasteiger partial charge is 0.243 e. The van der Waals surface area contributed by atoms with Crippen molar-refractivity contribution in [2.24, 2.45) is 0 Å². The molecule has 1 saturated heterocycles. The molecule has 0 bridgehead atoms. The molecule has 2 rings (SSSR count). The van der Waals surface area contributed by atoms with Crippen LogP contribution in [0.3, 0.4) is 0 Å². The third kappa shape index (κ3) is 2.72. The lowest BCUT2D eigenvalue weighted by atomic mass is 10.1. The second-order valence-corrected chi connectivity index (χ2v) is 7.22. The summed E-state index contributed by atoms with van der Waals surface area (Å²) in [7, 11) is -3.33. The van der Waals surface area contributed by atoms with E-state index in [0.717, 1.165) is 23.7 Å². The van der Waals surface area contributed by atoms with E-state index < -0.39 is 10.0 Å². The van der Waals surface area contributed by atoms with E-state index >= 15 is 0 Å². The minimum Gasteiger partial charge on any atom is -0.207 e. The Balaban J connectivity index is 2.35. The quantitative estimate of drug-likeness (QED) is 0.840. The summed E-state index contributed by atoms with van der Waals surface area (Å²) in [6, 6.07) is 7.01. The van der Waals surface area contributed by atoms with E-state index in [1.54, 1.807) is 22.5 Å². The van der Waals surface area contributed by atoms with Gasteiger partial charge in [0.25, 0.3) is 0 Å². The van der Waals surface area contributed by atoms with Gasteiger partial charge < -0.3 is 0 Å². The van der Waals surface area contributed by atoms with Crippen LogP contribution in [-0.2, 0) is 10.0 Å². The van der Waals surface area contributed by atoms with Gasteiger partial charge in [0.1, 0.15) is 0 Å². The lowest BCUT2D eigenvalue weighted by Crippen LogP contribution is -2.41. The SMILES string of the molecule is C[C@H]1CCCCN1S(=O)(=O)c1cccc(Br)c1. The summed E-state index contributed by atoms with van der Waals surface area (Å²) in [6.07, 6.45) is 3.02. The lowest BCUT2D eigenvalue weighted by molar-refractivity contribution is 0.268. The van der Waals surface area contributed by atoms with Crippen molar-refractivity contribution in [1.82, 2.24) is 4.31 Å². The molecule has 1 aliphatic heterocycles. The van der Waals surface area contributed by atoms with Gasteiger partial charge in [0, 0.05) is 17.1 Å². The highest BCUT2D eigenvalue weighted by Crippen LogP contribution is 2.26. The van der Waals surface area contributed by atoms with Gasteiger partial charge in [0.05, 0.1) is 4.90 Å². The van der Waals surface area contributed by atoms with Crippen molar-refractivity contribution < 1.29 is 8.42 Å². The zero-order valence-electron chi connectivity index (χ0n) is 9.77. The first-order valence-corrected chi connectivity index (χ1v) is 8.02. The number of rotatable bonds is 2. The number of benzene rings is 1. The highest BCUT2D eigenvalue weighted by Gasteiger charge is 2.30. The number of nitrogens with zero attached hydrogens (tertiary/aromatic N) is 1. The van der Waals surface area contributed by atoms with Crippen LogP contribution < -0.4 is 0 Å². The molecule has 1 fully saturated rings. The summed E-state index contributed by atoms with van der Waals surface area (Å²) in [5.74, 6) is 0. The number of sulfonamides is 1. The zero-order valence-corrected chi connectivity index (χ0v) is 12.2. The van der Waals surface area contributed by atoms with Crippen LogP contribution in [0.2, 0.25) is 0 Å². The molecule has 0 aliphatic carbocycles. The van der Waals surface area contributed by atoms with Crippen LogP contribution in [0.25, 0.3) is 0 Å². The Labute approximate surface area is 111 Å². The molecule has 0 saturated carbocycles. The van der Waals surface area contributed by atoms with Crippen molar-refractivity contribution in [2.45, 2.75) is 37.1 Å². The van der Waals surface area contributed by atoms with Crippen molar-refractivity contribution in [1.29, 1.82) is 0 Å². The maximum atomic E-state index is 12.5. The topological polar surface area (TPSA) is 37.4 Å². The molecule has 17 heavy (non-hydrogen) atoms. The van der Waals surface area contributed by atoms with Crippen LogP contribution >= 0.6 is 15.9 Å². The van der Waals surface area contributed by atoms with Crippen molar-refractivity contribution in [3.8, 4) is 0 Å². The van der Waals surface area contributed by atoms with Gasteiger partial charge in [-0.3, -0.25) is 0 Å². The molecule has 94 valence electrons. The Hall–Kier alpha value is -0.390. The molecule has 0 radical (unpaired) electrons. The smallest absolute Gasteiger partial charge is 0.207 e. The molecule has 5 heteroatoms. The van der Waals surface area contributed by atoms with Crippen LogP contribution in [0.1, 0.15) is 26.2 Å². The Bertz CT molecular complexity index is 501. The Kier molecular flexibility index (Phi) is 3.90. The first-order valence-electron chi connectivity index (χ1n) is 5.79. The fourth-order valence-electron chi connectivity index (χ4n) is 2.19. The second-order valence-electron chi connectivity index (χ2n) is 4.42. The number of hydrogen-bond acceptors (Lipinski definition) is 2. The van der Waals surface area contributed by atoms with Crippen LogP contribution in [0.4, 0.5) is 0 Å². The van der Waals surface area contributed by atoms with Crippen LogP contribution in [0.5, 0.6) is 0 Å². The molecule has 0 N–H and O–H groups in total. The number of piperidine rings is 1. The van der Waals surface area contributed by atoms with E-state index in [-0.39, 0.29) is 6.04 Å². The number of halogens is 1. The van der Waals surface area contributed by atoms with Crippen LogP contribution in [0.15, 0.2) is 33.6 Å². The third-order valence-corrected chi connectivity index (χ3v) is 5.65. The van der Waals surface area contributed by atoms with Crippen molar-refractivity contribution in [2.75, 3.05) is 6.54 Å². The predicted molar refractivity (Wildman–Crippen MR) is 71.3 cm³/mol. The predicted octanol–water partition coefficient (Wildman–Crippen LogP) is 3.01. The number of hydrogen-bond donors (Lipinski definition) is 0. The Morgan fingerprint density at radius 3 is 2.76 bits per heavy atom. The second kappa shape index (κ2) is 5.08. The molecule has 1 atom stereocenters. The van der Waals surface area contributed by atoms with Gasteiger partial charge in [-0.05, 0) is 38.0 Å². The average Bonchev–Trinajstić information content (AvgIpc) is 2.29. The molecule has 0 amide bonds. The summed E-state index contributed by atoms with van der Waals surface area (Å²) in [4.78, 5) is 0.376. The molecule has 1 heterocycles. The third-order valence-electron chi connectivity index (χ3n) is 3.14. The van der Waals surface area contributed by atoms with E-state index in [1.807, 2.05) is 13.0 Å². The molecular weight excluding hydrogens is 302 g/mol. The van der Waals surface area contributed by atoms with Gasteiger partial charge in [-0.25, -0.2) is 8.42 Å². The minimum atomic E-state index is -3.33. The summed E-state index contributed by atoms with van der Waals surface area (Å²) >= 11 is 3.31. The normalized spacial score (nSPS) is 22.6. The van der Waals surface area contributed by atoms with Gasteiger partial charge in [0.2, 0.25) is 10.0 Å². The summed E-state index contributed by atoms with van der Waals surface area (Å²) in [5.41, 5.74) is 0.